The molecule has 3 heteroatoms. The van der Waals surface area contributed by atoms with E-state index in [-0.39, 0.29) is 6.04 Å². The fourth-order valence-electron chi connectivity index (χ4n) is 2.25. The van der Waals surface area contributed by atoms with Crippen LogP contribution < -0.4 is 10.1 Å². The van der Waals surface area contributed by atoms with Crippen molar-refractivity contribution in [2.45, 2.75) is 18.9 Å². The Kier molecular flexibility index (Phi) is 4.93. The van der Waals surface area contributed by atoms with Crippen molar-refractivity contribution in [3.05, 3.63) is 59.8 Å². The molecule has 1 heterocycles. The maximum Gasteiger partial charge on any atom is 0.217 e. The summed E-state index contributed by atoms with van der Waals surface area (Å²) in [4.78, 5) is 4.26. The van der Waals surface area contributed by atoms with Crippen molar-refractivity contribution in [3.63, 3.8) is 0 Å². The molecule has 0 amide bonds. The molecule has 0 bridgehead atoms. The second-order valence-corrected chi connectivity index (χ2v) is 4.47. The summed E-state index contributed by atoms with van der Waals surface area (Å²) in [5, 5.41) is 3.34. The number of nitrogens with zero attached hydrogens (tertiary/aromatic N) is 1. The maximum absolute atomic E-state index is 5.33. The summed E-state index contributed by atoms with van der Waals surface area (Å²) in [6.07, 6.45) is 3.80. The van der Waals surface area contributed by atoms with Gasteiger partial charge in [0.05, 0.1) is 7.11 Å². The molecular formula is C16H20N2O. The van der Waals surface area contributed by atoms with E-state index < -0.39 is 0 Å². The van der Waals surface area contributed by atoms with Gasteiger partial charge in [-0.2, -0.15) is 0 Å². The Morgan fingerprint density at radius 2 is 1.95 bits per heavy atom. The van der Waals surface area contributed by atoms with Crippen LogP contribution in [0.5, 0.6) is 5.88 Å². The molecule has 0 radical (unpaired) electrons. The average Bonchev–Trinajstić information content (AvgIpc) is 2.49. The first-order chi connectivity index (χ1) is 9.35. The zero-order chi connectivity index (χ0) is 13.5. The molecule has 2 aromatic rings. The van der Waals surface area contributed by atoms with Gasteiger partial charge in [0.1, 0.15) is 0 Å². The van der Waals surface area contributed by atoms with Crippen LogP contribution in [0.4, 0.5) is 0 Å². The minimum Gasteiger partial charge on any atom is -0.481 e. The molecule has 0 aliphatic heterocycles. The lowest BCUT2D eigenvalue weighted by Crippen LogP contribution is -2.18. The summed E-state index contributed by atoms with van der Waals surface area (Å²) in [6, 6.07) is 14.8. The summed E-state index contributed by atoms with van der Waals surface area (Å²) >= 11 is 0. The van der Waals surface area contributed by atoms with Crippen molar-refractivity contribution in [2.75, 3.05) is 14.2 Å². The lowest BCUT2D eigenvalue weighted by Gasteiger charge is -2.18. The van der Waals surface area contributed by atoms with Crippen LogP contribution in [0.3, 0.4) is 0 Å². The molecule has 2 rings (SSSR count). The number of hydrogen-bond acceptors (Lipinski definition) is 3. The number of aryl methyl sites for hydroxylation is 1. The highest BCUT2D eigenvalue weighted by molar-refractivity contribution is 5.29. The molecule has 0 aliphatic rings. The number of aromatic nitrogens is 1. The van der Waals surface area contributed by atoms with Crippen molar-refractivity contribution in [1.82, 2.24) is 10.3 Å². The number of nitrogens with one attached hydrogen (secondary N) is 1. The van der Waals surface area contributed by atoms with Gasteiger partial charge in [0.25, 0.3) is 0 Å². The Balaban J connectivity index is 2.08. The van der Waals surface area contributed by atoms with Crippen LogP contribution in [0.2, 0.25) is 0 Å². The van der Waals surface area contributed by atoms with E-state index in [9.17, 15) is 0 Å². The van der Waals surface area contributed by atoms with E-state index in [1.165, 1.54) is 5.56 Å². The van der Waals surface area contributed by atoms with Gasteiger partial charge in [0.2, 0.25) is 5.88 Å². The van der Waals surface area contributed by atoms with Crippen LogP contribution in [0.15, 0.2) is 48.7 Å². The number of pyridine rings is 1. The van der Waals surface area contributed by atoms with E-state index >= 15 is 0 Å². The molecule has 0 spiro atoms. The Hall–Kier alpha value is -1.87. The van der Waals surface area contributed by atoms with Gasteiger partial charge >= 0.3 is 0 Å². The van der Waals surface area contributed by atoms with Crippen molar-refractivity contribution in [1.29, 1.82) is 0 Å². The Morgan fingerprint density at radius 3 is 2.63 bits per heavy atom. The van der Waals surface area contributed by atoms with Gasteiger partial charge in [-0.05, 0) is 31.5 Å². The van der Waals surface area contributed by atoms with E-state index in [2.05, 4.69) is 40.6 Å². The third-order valence-corrected chi connectivity index (χ3v) is 3.28. The zero-order valence-corrected chi connectivity index (χ0v) is 11.5. The predicted molar refractivity (Wildman–Crippen MR) is 77.4 cm³/mol. The minimum atomic E-state index is 0.254. The minimum absolute atomic E-state index is 0.254. The number of methoxy groups -OCH3 is 1. The Morgan fingerprint density at radius 1 is 1.16 bits per heavy atom. The molecule has 1 N–H and O–H groups in total. The van der Waals surface area contributed by atoms with Crippen LogP contribution in [-0.4, -0.2) is 19.1 Å². The van der Waals surface area contributed by atoms with E-state index in [4.69, 9.17) is 4.74 Å². The zero-order valence-electron chi connectivity index (χ0n) is 11.5. The van der Waals surface area contributed by atoms with Gasteiger partial charge in [-0.3, -0.25) is 0 Å². The molecule has 0 fully saturated rings. The van der Waals surface area contributed by atoms with Crippen molar-refractivity contribution in [3.8, 4) is 5.88 Å². The molecule has 0 saturated heterocycles. The van der Waals surface area contributed by atoms with Crippen molar-refractivity contribution in [2.24, 2.45) is 0 Å². The fraction of sp³-hybridized carbons (Fsp3) is 0.312. The number of benzene rings is 1. The maximum atomic E-state index is 5.33. The second kappa shape index (κ2) is 6.90. The van der Waals surface area contributed by atoms with Crippen molar-refractivity contribution < 1.29 is 4.74 Å². The third-order valence-electron chi connectivity index (χ3n) is 3.28. The highest BCUT2D eigenvalue weighted by Gasteiger charge is 2.14. The molecule has 1 atom stereocenters. The van der Waals surface area contributed by atoms with Gasteiger partial charge in [-0.1, -0.05) is 36.4 Å². The quantitative estimate of drug-likeness (QED) is 0.862. The van der Waals surface area contributed by atoms with Gasteiger partial charge < -0.3 is 10.1 Å². The monoisotopic (exact) mass is 256 g/mol. The molecule has 19 heavy (non-hydrogen) atoms. The van der Waals surface area contributed by atoms with Crippen LogP contribution in [0.25, 0.3) is 0 Å². The van der Waals surface area contributed by atoms with Gasteiger partial charge in [-0.25, -0.2) is 4.98 Å². The van der Waals surface area contributed by atoms with Crippen molar-refractivity contribution >= 4 is 0 Å². The highest BCUT2D eigenvalue weighted by Crippen LogP contribution is 2.25. The molecule has 1 aromatic heterocycles. The lowest BCUT2D eigenvalue weighted by molar-refractivity contribution is 0.382. The molecule has 0 aliphatic carbocycles. The van der Waals surface area contributed by atoms with Gasteiger partial charge in [-0.15, -0.1) is 0 Å². The van der Waals surface area contributed by atoms with E-state index in [1.54, 1.807) is 13.3 Å². The van der Waals surface area contributed by atoms with Gasteiger partial charge in [0, 0.05) is 17.8 Å². The summed E-state index contributed by atoms with van der Waals surface area (Å²) in [5.41, 5.74) is 2.47. The first-order valence-electron chi connectivity index (χ1n) is 6.55. The summed E-state index contributed by atoms with van der Waals surface area (Å²) in [5.74, 6) is 0.704. The standard InChI is InChI=1S/C16H20N2O/c1-17-15(11-10-13-7-4-3-5-8-13)14-9-6-12-18-16(14)19-2/h3-9,12,15,17H,10-11H2,1-2H3. The predicted octanol–water partition coefficient (Wildman–Crippen LogP) is 2.98. The number of ether oxygens (including phenoxy) is 1. The molecule has 100 valence electrons. The molecular weight excluding hydrogens is 236 g/mol. The topological polar surface area (TPSA) is 34.2 Å². The summed E-state index contributed by atoms with van der Waals surface area (Å²) in [6.45, 7) is 0. The lowest BCUT2D eigenvalue weighted by atomic mass is 10.00. The average molecular weight is 256 g/mol. The number of rotatable bonds is 6. The number of hydrogen-bond donors (Lipinski definition) is 1. The highest BCUT2D eigenvalue weighted by atomic mass is 16.5. The van der Waals surface area contributed by atoms with Crippen LogP contribution in [0, 0.1) is 0 Å². The first-order valence-corrected chi connectivity index (χ1v) is 6.55. The Labute approximate surface area is 114 Å². The Bertz CT molecular complexity index is 499. The van der Waals surface area contributed by atoms with Crippen LogP contribution in [0.1, 0.15) is 23.6 Å². The largest absolute Gasteiger partial charge is 0.481 e. The third kappa shape index (κ3) is 3.55. The fourth-order valence-corrected chi connectivity index (χ4v) is 2.25. The second-order valence-electron chi connectivity index (χ2n) is 4.47. The van der Waals surface area contributed by atoms with Gasteiger partial charge in [0.15, 0.2) is 0 Å². The SMILES string of the molecule is CNC(CCc1ccccc1)c1cccnc1OC. The normalized spacial score (nSPS) is 12.1. The molecule has 0 saturated carbocycles. The van der Waals surface area contributed by atoms with Crippen LogP contribution in [-0.2, 0) is 6.42 Å². The summed E-state index contributed by atoms with van der Waals surface area (Å²) < 4.78 is 5.33. The van der Waals surface area contributed by atoms with Crippen LogP contribution >= 0.6 is 0 Å². The summed E-state index contributed by atoms with van der Waals surface area (Å²) in [7, 11) is 3.64. The molecule has 1 unspecified atom stereocenters. The first kappa shape index (κ1) is 13.6. The molecule has 1 aromatic carbocycles. The van der Waals surface area contributed by atoms with E-state index in [0.717, 1.165) is 18.4 Å². The smallest absolute Gasteiger partial charge is 0.217 e. The van der Waals surface area contributed by atoms with E-state index in [1.807, 2.05) is 19.2 Å². The van der Waals surface area contributed by atoms with E-state index in [0.29, 0.717) is 5.88 Å². The molecule has 3 nitrogen and oxygen atoms in total.